The quantitative estimate of drug-likeness (QED) is 0.461. The van der Waals surface area contributed by atoms with Gasteiger partial charge in [0.25, 0.3) is 0 Å². The first-order chi connectivity index (χ1) is 12.1. The smallest absolute Gasteiger partial charge is 0.334 e. The lowest BCUT2D eigenvalue weighted by Gasteiger charge is -2.32. The minimum absolute atomic E-state index is 0.127. The Morgan fingerprint density at radius 3 is 2.69 bits per heavy atom. The van der Waals surface area contributed by atoms with Crippen molar-refractivity contribution in [2.45, 2.75) is 64.8 Å². The molecule has 0 saturated carbocycles. The number of ketones is 1. The summed E-state index contributed by atoms with van der Waals surface area (Å²) in [5.74, 6) is -2.10. The first-order valence-electron chi connectivity index (χ1n) is 8.73. The Morgan fingerprint density at radius 1 is 1.42 bits per heavy atom. The summed E-state index contributed by atoms with van der Waals surface area (Å²) >= 11 is 0. The Kier molecular flexibility index (Phi) is 5.86. The van der Waals surface area contributed by atoms with E-state index in [0.717, 1.165) is 5.57 Å². The van der Waals surface area contributed by atoms with Gasteiger partial charge in [-0.05, 0) is 40.2 Å². The van der Waals surface area contributed by atoms with Crippen LogP contribution in [0.25, 0.3) is 0 Å². The number of esters is 2. The van der Waals surface area contributed by atoms with Crippen LogP contribution in [0.1, 0.15) is 47.0 Å². The molecule has 1 aliphatic heterocycles. The second-order valence-electron chi connectivity index (χ2n) is 7.25. The van der Waals surface area contributed by atoms with Gasteiger partial charge in [-0.1, -0.05) is 18.2 Å². The number of ether oxygens (including phenoxy) is 2. The average molecular weight is 362 g/mol. The number of aliphatic hydroxyl groups is 1. The van der Waals surface area contributed by atoms with E-state index in [1.807, 2.05) is 6.92 Å². The largest absolute Gasteiger partial charge is 0.458 e. The second-order valence-corrected chi connectivity index (χ2v) is 7.25. The first-order valence-corrected chi connectivity index (χ1v) is 8.73. The predicted molar refractivity (Wildman–Crippen MR) is 95.1 cm³/mol. The number of hydrogen-bond acceptors (Lipinski definition) is 6. The van der Waals surface area contributed by atoms with Crippen LogP contribution in [-0.2, 0) is 23.9 Å². The van der Waals surface area contributed by atoms with Crippen LogP contribution in [0.3, 0.4) is 0 Å². The van der Waals surface area contributed by atoms with Crippen molar-refractivity contribution in [3.8, 4) is 0 Å². The van der Waals surface area contributed by atoms with Crippen LogP contribution >= 0.6 is 0 Å². The normalized spacial score (nSPS) is 35.3. The highest BCUT2D eigenvalue weighted by Crippen LogP contribution is 2.37. The second kappa shape index (κ2) is 7.58. The van der Waals surface area contributed by atoms with Gasteiger partial charge in [-0.25, -0.2) is 9.59 Å². The fourth-order valence-electron chi connectivity index (χ4n) is 3.22. The molecule has 1 fully saturated rings. The molecule has 6 heteroatoms. The summed E-state index contributed by atoms with van der Waals surface area (Å²) in [5.41, 5.74) is -0.239. The lowest BCUT2D eigenvalue weighted by atomic mass is 9.80. The molecule has 0 unspecified atom stereocenters. The topological polar surface area (TPSA) is 89.9 Å². The van der Waals surface area contributed by atoms with E-state index in [4.69, 9.17) is 9.47 Å². The molecule has 1 aliphatic carbocycles. The molecule has 0 bridgehead atoms. The van der Waals surface area contributed by atoms with Gasteiger partial charge in [0.15, 0.2) is 5.78 Å². The molecule has 6 nitrogen and oxygen atoms in total. The number of fused-ring (bicyclic) bond motifs is 1. The molecule has 0 amide bonds. The molecule has 0 spiro atoms. The summed E-state index contributed by atoms with van der Waals surface area (Å²) < 4.78 is 11.0. The minimum Gasteiger partial charge on any atom is -0.458 e. The summed E-state index contributed by atoms with van der Waals surface area (Å²) in [5, 5.41) is 10.7. The molecule has 1 saturated heterocycles. The Labute approximate surface area is 153 Å². The third-order valence-electron chi connectivity index (χ3n) is 5.07. The summed E-state index contributed by atoms with van der Waals surface area (Å²) in [7, 11) is 0. The highest BCUT2D eigenvalue weighted by Gasteiger charge is 2.48. The van der Waals surface area contributed by atoms with Crippen molar-refractivity contribution >= 4 is 17.7 Å². The third kappa shape index (κ3) is 4.12. The molecule has 0 radical (unpaired) electrons. The summed E-state index contributed by atoms with van der Waals surface area (Å²) in [6.45, 7) is 10.3. The van der Waals surface area contributed by atoms with Crippen molar-refractivity contribution in [2.75, 3.05) is 0 Å². The van der Waals surface area contributed by atoms with Crippen LogP contribution in [-0.4, -0.2) is 40.6 Å². The first kappa shape index (κ1) is 20.1. The highest BCUT2D eigenvalue weighted by atomic mass is 16.6. The number of rotatable bonds is 2. The van der Waals surface area contributed by atoms with E-state index in [2.05, 4.69) is 6.58 Å². The highest BCUT2D eigenvalue weighted by molar-refractivity contribution is 5.92. The van der Waals surface area contributed by atoms with Crippen LogP contribution in [0.15, 0.2) is 35.5 Å². The number of allylic oxidation sites excluding steroid dienone is 2. The number of carbonyl (C=O) groups excluding carboxylic acids is 3. The van der Waals surface area contributed by atoms with Crippen molar-refractivity contribution in [3.05, 3.63) is 35.5 Å². The molecule has 2 rings (SSSR count). The fourth-order valence-corrected chi connectivity index (χ4v) is 3.22. The van der Waals surface area contributed by atoms with Gasteiger partial charge in [0.05, 0.1) is 5.92 Å². The Bertz CT molecular complexity index is 697. The summed E-state index contributed by atoms with van der Waals surface area (Å²) in [6, 6.07) is 0. The van der Waals surface area contributed by atoms with E-state index in [-0.39, 0.29) is 24.2 Å². The molecule has 1 heterocycles. The number of carbonyl (C=O) groups is 3. The van der Waals surface area contributed by atoms with Gasteiger partial charge in [-0.2, -0.15) is 0 Å². The Morgan fingerprint density at radius 2 is 2.08 bits per heavy atom. The van der Waals surface area contributed by atoms with Crippen LogP contribution in [0.4, 0.5) is 0 Å². The van der Waals surface area contributed by atoms with Crippen molar-refractivity contribution in [3.63, 3.8) is 0 Å². The van der Waals surface area contributed by atoms with Gasteiger partial charge in [-0.15, -0.1) is 0 Å². The van der Waals surface area contributed by atoms with E-state index in [1.165, 1.54) is 6.92 Å². The van der Waals surface area contributed by atoms with Crippen molar-refractivity contribution in [1.29, 1.82) is 0 Å². The van der Waals surface area contributed by atoms with E-state index < -0.39 is 35.7 Å². The fraction of sp³-hybridized carbons (Fsp3) is 0.550. The van der Waals surface area contributed by atoms with Gasteiger partial charge >= 0.3 is 11.9 Å². The van der Waals surface area contributed by atoms with E-state index in [1.54, 1.807) is 26.0 Å². The van der Waals surface area contributed by atoms with Gasteiger partial charge in [0.2, 0.25) is 0 Å². The van der Waals surface area contributed by atoms with Crippen molar-refractivity contribution in [2.24, 2.45) is 5.92 Å². The maximum Gasteiger partial charge on any atom is 0.334 e. The zero-order chi connectivity index (χ0) is 19.6. The molecule has 142 valence electrons. The summed E-state index contributed by atoms with van der Waals surface area (Å²) in [4.78, 5) is 36.8. The molecular weight excluding hydrogens is 336 g/mol. The van der Waals surface area contributed by atoms with Gasteiger partial charge < -0.3 is 14.6 Å². The molecule has 2 aliphatic rings. The van der Waals surface area contributed by atoms with Crippen molar-refractivity contribution in [1.82, 2.24) is 0 Å². The van der Waals surface area contributed by atoms with Crippen LogP contribution in [0.2, 0.25) is 0 Å². The van der Waals surface area contributed by atoms with Gasteiger partial charge in [0.1, 0.15) is 17.8 Å². The lowest BCUT2D eigenvalue weighted by Crippen LogP contribution is -2.44. The Balaban J connectivity index is 2.47. The SMILES string of the molecule is C=C1C(=O)O[C@@H]2/C=C(\C)CCC(=O)[C@](C)(O)C[C@@H](OC(=O)/C(C)=C/C)[C@H]12. The van der Waals surface area contributed by atoms with Gasteiger partial charge in [0, 0.05) is 24.0 Å². The third-order valence-corrected chi connectivity index (χ3v) is 5.07. The molecule has 26 heavy (non-hydrogen) atoms. The van der Waals surface area contributed by atoms with Crippen molar-refractivity contribution < 1.29 is 29.0 Å². The van der Waals surface area contributed by atoms with Crippen LogP contribution in [0.5, 0.6) is 0 Å². The van der Waals surface area contributed by atoms with Crippen LogP contribution in [0, 0.1) is 5.92 Å². The average Bonchev–Trinajstić information content (AvgIpc) is 2.84. The standard InChI is InChI=1S/C20H26O6/c1-6-12(3)18(22)26-15-10-20(5,24)16(21)8-7-11(2)9-14-17(15)13(4)19(23)25-14/h6,9,14-15,17,24H,4,7-8,10H2,1-3,5H3/b11-9+,12-6+/t14-,15-,17-,20-/m1/s1. The number of hydrogen-bond donors (Lipinski definition) is 1. The molecular formula is C20H26O6. The molecule has 4 atom stereocenters. The predicted octanol–water partition coefficient (Wildman–Crippen LogP) is 2.41. The molecule has 0 aromatic carbocycles. The molecule has 0 aromatic heterocycles. The monoisotopic (exact) mass is 362 g/mol. The Hall–Kier alpha value is -2.21. The maximum atomic E-state index is 12.4. The van der Waals surface area contributed by atoms with E-state index in [9.17, 15) is 19.5 Å². The molecule has 0 aromatic rings. The maximum absolute atomic E-state index is 12.4. The zero-order valence-electron chi connectivity index (χ0n) is 15.7. The molecule has 1 N–H and O–H groups in total. The minimum atomic E-state index is -1.68. The zero-order valence-corrected chi connectivity index (χ0v) is 15.7. The summed E-state index contributed by atoms with van der Waals surface area (Å²) in [6.07, 6.45) is 2.33. The lowest BCUT2D eigenvalue weighted by molar-refractivity contribution is -0.155. The van der Waals surface area contributed by atoms with E-state index >= 15 is 0 Å². The van der Waals surface area contributed by atoms with E-state index in [0.29, 0.717) is 12.0 Å². The van der Waals surface area contributed by atoms with Gasteiger partial charge in [-0.3, -0.25) is 4.79 Å². The van der Waals surface area contributed by atoms with Crippen LogP contribution < -0.4 is 0 Å². The number of Topliss-reactive ketones (excluding diaryl/α,β-unsaturated/α-hetero) is 1.